The summed E-state index contributed by atoms with van der Waals surface area (Å²) in [4.78, 5) is 76.7. The molecule has 10 heteroatoms. The second-order valence-electron chi connectivity index (χ2n) is 39.3. The Balaban J connectivity index is 1.01. The maximum atomic E-state index is 16.6. The van der Waals surface area contributed by atoms with Crippen molar-refractivity contribution >= 4 is 79.7 Å². The summed E-state index contributed by atoms with van der Waals surface area (Å²) in [6.45, 7) is 18.8. The normalized spacial score (nSPS) is 14.8. The standard InChI is InChI=1S/C112H174N2O4S4/c1-9-17-23-27-31-35-39-43-47-51-55-59-63-67-75-111(76-68-64-60-56-52-48-44-40-36-32-28-24-18-10-2)93-73-79-119-103(93)105-95(111)83-97(121-105)89-81-91-100-99-92(108(116)113(109(117)101(89)99)85-87(15-7)71-21-13-5)82-90(102(100)110(118)114(107(91)115)86-88(16-8)72-22-14-6)98-84-96-106(122-98)104-94(74-80-120-104)112(96,77-69-65-61-57-53-49-45-41-37-33-29-25-19-11-3)78-70-66-62-58-54-50-46-42-38-34-30-26-20-12-4/h73-74,79-84,87-88H,9-72,75-78,85-86H2,1-8H3. The number of hydrogen-bond donors (Lipinski definition) is 0. The zero-order chi connectivity index (χ0) is 86.0. The van der Waals surface area contributed by atoms with Crippen LogP contribution in [0.1, 0.15) is 556 Å². The van der Waals surface area contributed by atoms with Crippen LogP contribution in [0.15, 0.2) is 47.2 Å². The molecule has 0 bridgehead atoms. The monoisotopic (exact) mass is 1740 g/mol. The highest BCUT2D eigenvalue weighted by Crippen LogP contribution is 2.63. The molecule has 6 aromatic rings. The number of unbranched alkanes of at least 4 members (excludes halogenated alkanes) is 54. The molecular formula is C112H174N2O4S4. The minimum absolute atomic E-state index is 0.136. The fraction of sp³-hybridized carbons (Fsp3) is 0.732. The lowest BCUT2D eigenvalue weighted by molar-refractivity contribution is 0.0559. The van der Waals surface area contributed by atoms with E-state index in [2.05, 4.69) is 103 Å². The van der Waals surface area contributed by atoms with E-state index in [1.807, 2.05) is 45.3 Å². The third-order valence-corrected chi connectivity index (χ3v) is 34.4. The van der Waals surface area contributed by atoms with Crippen LogP contribution in [0.5, 0.6) is 0 Å². The van der Waals surface area contributed by atoms with E-state index in [9.17, 15) is 0 Å². The third-order valence-electron chi connectivity index (χ3n) is 29.9. The molecular weight excluding hydrogens is 1570 g/mol. The van der Waals surface area contributed by atoms with Gasteiger partial charge in [-0.3, -0.25) is 29.0 Å². The van der Waals surface area contributed by atoms with Crippen molar-refractivity contribution in [2.75, 3.05) is 13.1 Å². The zero-order valence-electron chi connectivity index (χ0n) is 79.4. The van der Waals surface area contributed by atoms with Crippen molar-refractivity contribution in [1.29, 1.82) is 0 Å². The molecule has 4 amide bonds. The number of carbonyl (C=O) groups excluding carboxylic acids is 4. The first-order valence-corrected chi connectivity index (χ1v) is 56.3. The molecule has 122 heavy (non-hydrogen) atoms. The molecule has 2 unspecified atom stereocenters. The van der Waals surface area contributed by atoms with E-state index in [1.165, 1.54) is 401 Å². The van der Waals surface area contributed by atoms with Gasteiger partial charge < -0.3 is 0 Å². The summed E-state index contributed by atoms with van der Waals surface area (Å²) in [5, 5.41) is 5.75. The molecule has 2 aliphatic carbocycles. The van der Waals surface area contributed by atoms with Gasteiger partial charge in [-0.25, -0.2) is 0 Å². The second kappa shape index (κ2) is 55.6. The first kappa shape index (κ1) is 99.9. The number of carbonyl (C=O) groups is 4. The first-order chi connectivity index (χ1) is 60.0. The molecule has 0 fully saturated rings. The van der Waals surface area contributed by atoms with Crippen molar-refractivity contribution in [3.63, 3.8) is 0 Å². The Morgan fingerprint density at radius 2 is 0.500 bits per heavy atom. The number of hydrogen-bond acceptors (Lipinski definition) is 8. The van der Waals surface area contributed by atoms with Gasteiger partial charge in [0.25, 0.3) is 23.6 Å². The SMILES string of the molecule is CCCCCCCCCCCCCCCCC1(CCCCCCCCCCCCCCCC)c2ccsc2-c2sc(-c3cc4c5c(c(-c6cc7c(s6)-c6sccc6C7(CCCCCCCCCCCCCCCC)CCCCCCCCCCCCCCCC)cc6c5c3C(=O)N(CC(CC)CCCC)C6=O)C(=O)N(CC(CC)CCCC)C4=O)cc21. The molecule has 4 aliphatic rings. The maximum absolute atomic E-state index is 16.6. The van der Waals surface area contributed by atoms with Crippen molar-refractivity contribution < 1.29 is 19.2 Å². The highest BCUT2D eigenvalue weighted by atomic mass is 32.1. The minimum atomic E-state index is -0.284. The molecule has 2 aliphatic heterocycles. The first-order valence-electron chi connectivity index (χ1n) is 52.9. The van der Waals surface area contributed by atoms with E-state index in [-0.39, 0.29) is 46.3 Å². The van der Waals surface area contributed by atoms with Crippen molar-refractivity contribution in [3.05, 3.63) is 91.7 Å². The van der Waals surface area contributed by atoms with Gasteiger partial charge in [0.1, 0.15) is 0 Å². The maximum Gasteiger partial charge on any atom is 0.262 e. The molecule has 0 spiro atoms. The number of nitrogens with zero attached hydrogens (tertiary/aromatic N) is 2. The van der Waals surface area contributed by atoms with Crippen LogP contribution in [0.2, 0.25) is 0 Å². The molecule has 10 rings (SSSR count). The van der Waals surface area contributed by atoms with Gasteiger partial charge >= 0.3 is 0 Å². The van der Waals surface area contributed by atoms with Gasteiger partial charge in [0.05, 0.1) is 11.1 Å². The van der Waals surface area contributed by atoms with Gasteiger partial charge in [0, 0.05) is 86.2 Å². The van der Waals surface area contributed by atoms with E-state index in [0.717, 1.165) is 97.9 Å². The summed E-state index contributed by atoms with van der Waals surface area (Å²) < 4.78 is 0. The highest BCUT2D eigenvalue weighted by Gasteiger charge is 2.50. The lowest BCUT2D eigenvalue weighted by Gasteiger charge is -2.36. The lowest BCUT2D eigenvalue weighted by Crippen LogP contribution is -2.46. The Labute approximate surface area is 762 Å². The topological polar surface area (TPSA) is 74.8 Å². The predicted octanol–water partition coefficient (Wildman–Crippen LogP) is 38.1. The number of fused-ring (bicyclic) bond motifs is 6. The van der Waals surface area contributed by atoms with Crippen molar-refractivity contribution in [2.24, 2.45) is 11.8 Å². The Kier molecular flexibility index (Phi) is 45.6. The van der Waals surface area contributed by atoms with E-state index >= 15 is 19.2 Å². The minimum Gasteiger partial charge on any atom is -0.274 e. The molecule has 2 aromatic carbocycles. The molecule has 680 valence electrons. The Morgan fingerprint density at radius 3 is 0.738 bits per heavy atom. The number of benzene rings is 2. The summed E-state index contributed by atoms with van der Waals surface area (Å²) >= 11 is 7.42. The van der Waals surface area contributed by atoms with Crippen molar-refractivity contribution in [2.45, 2.75) is 503 Å². The van der Waals surface area contributed by atoms with Crippen LogP contribution in [0.25, 0.3) is 51.2 Å². The number of imide groups is 2. The van der Waals surface area contributed by atoms with Crippen LogP contribution in [0.3, 0.4) is 0 Å². The summed E-state index contributed by atoms with van der Waals surface area (Å²) in [7, 11) is 0. The van der Waals surface area contributed by atoms with Crippen LogP contribution in [-0.2, 0) is 10.8 Å². The van der Waals surface area contributed by atoms with Gasteiger partial charge in [-0.05, 0) is 120 Å². The molecule has 0 saturated carbocycles. The lowest BCUT2D eigenvalue weighted by atomic mass is 9.71. The van der Waals surface area contributed by atoms with Crippen LogP contribution < -0.4 is 0 Å². The molecule has 0 saturated heterocycles. The average molecular weight is 1740 g/mol. The van der Waals surface area contributed by atoms with Crippen LogP contribution in [0, 0.1) is 11.8 Å². The quantitative estimate of drug-likeness (QED) is 0.0282. The molecule has 0 radical (unpaired) electrons. The van der Waals surface area contributed by atoms with E-state index in [0.29, 0.717) is 46.1 Å². The largest absolute Gasteiger partial charge is 0.274 e. The molecule has 6 heterocycles. The van der Waals surface area contributed by atoms with E-state index in [1.54, 1.807) is 9.80 Å². The Bertz CT molecular complexity index is 3690. The smallest absolute Gasteiger partial charge is 0.262 e. The van der Waals surface area contributed by atoms with Crippen molar-refractivity contribution in [3.8, 4) is 40.4 Å². The van der Waals surface area contributed by atoms with E-state index < -0.39 is 0 Å². The van der Waals surface area contributed by atoms with Crippen LogP contribution in [-0.4, -0.2) is 46.5 Å². The molecule has 4 aromatic heterocycles. The molecule has 0 N–H and O–H groups in total. The van der Waals surface area contributed by atoms with Crippen molar-refractivity contribution in [1.82, 2.24) is 9.80 Å². The van der Waals surface area contributed by atoms with Gasteiger partial charge in [0.15, 0.2) is 0 Å². The summed E-state index contributed by atoms with van der Waals surface area (Å²) in [6, 6.07) is 14.1. The number of amides is 4. The average Bonchev–Trinajstić information content (AvgIpc) is 1.17. The Morgan fingerprint density at radius 1 is 0.262 bits per heavy atom. The van der Waals surface area contributed by atoms with Gasteiger partial charge in [-0.15, -0.1) is 45.3 Å². The molecule has 2 atom stereocenters. The fourth-order valence-electron chi connectivity index (χ4n) is 22.2. The third kappa shape index (κ3) is 27.4. The second-order valence-corrected chi connectivity index (χ2v) is 43.2. The molecule has 6 nitrogen and oxygen atoms in total. The number of rotatable bonds is 74. The van der Waals surface area contributed by atoms with Gasteiger partial charge in [-0.2, -0.15) is 0 Å². The number of thiophene rings is 4. The van der Waals surface area contributed by atoms with Gasteiger partial charge in [-0.1, -0.05) is 453 Å². The predicted molar refractivity (Wildman–Crippen MR) is 536 cm³/mol. The summed E-state index contributed by atoms with van der Waals surface area (Å²) in [5.74, 6) is -0.843. The van der Waals surface area contributed by atoms with E-state index in [4.69, 9.17) is 0 Å². The fourth-order valence-corrected chi connectivity index (χ4v) is 27.1. The zero-order valence-corrected chi connectivity index (χ0v) is 82.7. The van der Waals surface area contributed by atoms with Crippen LogP contribution >= 0.6 is 45.3 Å². The Hall–Kier alpha value is -4.22. The summed E-state index contributed by atoms with van der Waals surface area (Å²) in [6.07, 6.45) is 87.2. The van der Waals surface area contributed by atoms with Gasteiger partial charge in [0.2, 0.25) is 0 Å². The summed E-state index contributed by atoms with van der Waals surface area (Å²) in [5.41, 5.74) is 9.01. The van der Waals surface area contributed by atoms with Crippen LogP contribution in [0.4, 0.5) is 0 Å². The highest BCUT2D eigenvalue weighted by molar-refractivity contribution is 7.24.